The monoisotopic (exact) mass is 172 g/mol. The van der Waals surface area contributed by atoms with E-state index in [9.17, 15) is 0 Å². The summed E-state index contributed by atoms with van der Waals surface area (Å²) >= 11 is 0. The topological polar surface area (TPSA) is 18.5 Å². The van der Waals surface area contributed by atoms with Crippen molar-refractivity contribution in [1.82, 2.24) is 0 Å². The van der Waals surface area contributed by atoms with E-state index < -0.39 is 0 Å². The van der Waals surface area contributed by atoms with Gasteiger partial charge in [-0.05, 0) is 26.2 Å². The Kier molecular flexibility index (Phi) is 3.13. The molecule has 0 amide bonds. The molecule has 0 unspecified atom stereocenters. The lowest BCUT2D eigenvalue weighted by Gasteiger charge is -2.36. The van der Waals surface area contributed by atoms with Gasteiger partial charge in [-0.3, -0.25) is 0 Å². The molecule has 0 aromatic rings. The van der Waals surface area contributed by atoms with Crippen LogP contribution < -0.4 is 0 Å². The second kappa shape index (κ2) is 3.75. The molecular weight excluding hydrogens is 152 g/mol. The Morgan fingerprint density at radius 2 is 2.08 bits per heavy atom. The van der Waals surface area contributed by atoms with E-state index >= 15 is 0 Å². The van der Waals surface area contributed by atoms with Crippen molar-refractivity contribution in [2.45, 2.75) is 45.8 Å². The predicted molar refractivity (Wildman–Crippen MR) is 49.2 cm³/mol. The average Bonchev–Trinajstić information content (AvgIpc) is 1.82. The first kappa shape index (κ1) is 10.0. The molecule has 0 aromatic heterocycles. The number of hydrogen-bond donors (Lipinski definition) is 0. The van der Waals surface area contributed by atoms with Gasteiger partial charge in [-0.2, -0.15) is 0 Å². The third-order valence-corrected chi connectivity index (χ3v) is 1.97. The third-order valence-electron chi connectivity index (χ3n) is 1.97. The fourth-order valence-corrected chi connectivity index (χ4v) is 1.60. The van der Waals surface area contributed by atoms with E-state index in [4.69, 9.17) is 9.47 Å². The van der Waals surface area contributed by atoms with Gasteiger partial charge in [0.15, 0.2) is 0 Å². The number of ether oxygens (including phenoxy) is 2. The summed E-state index contributed by atoms with van der Waals surface area (Å²) in [5, 5.41) is 0. The normalized spacial score (nSPS) is 29.2. The Morgan fingerprint density at radius 3 is 2.58 bits per heavy atom. The quantitative estimate of drug-likeness (QED) is 0.636. The third kappa shape index (κ3) is 3.11. The Labute approximate surface area is 75.2 Å². The lowest BCUT2D eigenvalue weighted by atomic mass is 10.0. The van der Waals surface area contributed by atoms with E-state index in [1.807, 2.05) is 0 Å². The largest absolute Gasteiger partial charge is 0.376 e. The van der Waals surface area contributed by atoms with Crippen molar-refractivity contribution in [3.63, 3.8) is 0 Å². The first-order valence-electron chi connectivity index (χ1n) is 4.75. The summed E-state index contributed by atoms with van der Waals surface area (Å²) in [7, 11) is 0. The van der Waals surface area contributed by atoms with E-state index in [0.717, 1.165) is 19.6 Å². The SMILES string of the molecule is CC(C)C[C@@H]1COCC(C)(C)O1. The zero-order valence-corrected chi connectivity index (χ0v) is 8.59. The molecule has 2 heteroatoms. The van der Waals surface area contributed by atoms with Gasteiger partial charge in [-0.1, -0.05) is 13.8 Å². The van der Waals surface area contributed by atoms with Crippen LogP contribution in [0.4, 0.5) is 0 Å². The fourth-order valence-electron chi connectivity index (χ4n) is 1.60. The zero-order chi connectivity index (χ0) is 9.19. The molecule has 1 saturated heterocycles. The van der Waals surface area contributed by atoms with Gasteiger partial charge >= 0.3 is 0 Å². The van der Waals surface area contributed by atoms with Crippen molar-refractivity contribution < 1.29 is 9.47 Å². The van der Waals surface area contributed by atoms with Crippen molar-refractivity contribution in [3.8, 4) is 0 Å². The van der Waals surface area contributed by atoms with Gasteiger partial charge in [-0.25, -0.2) is 0 Å². The van der Waals surface area contributed by atoms with Crippen molar-refractivity contribution in [3.05, 3.63) is 0 Å². The molecule has 1 heterocycles. The highest BCUT2D eigenvalue weighted by molar-refractivity contribution is 4.76. The van der Waals surface area contributed by atoms with Crippen LogP contribution in [0.2, 0.25) is 0 Å². The number of hydrogen-bond acceptors (Lipinski definition) is 2. The van der Waals surface area contributed by atoms with Crippen molar-refractivity contribution in [1.29, 1.82) is 0 Å². The van der Waals surface area contributed by atoms with Crippen LogP contribution in [0, 0.1) is 5.92 Å². The van der Waals surface area contributed by atoms with Gasteiger partial charge in [0, 0.05) is 0 Å². The van der Waals surface area contributed by atoms with Crippen LogP contribution in [0.3, 0.4) is 0 Å². The second-order valence-electron chi connectivity index (χ2n) is 4.64. The van der Waals surface area contributed by atoms with Gasteiger partial charge in [0.2, 0.25) is 0 Å². The summed E-state index contributed by atoms with van der Waals surface area (Å²) in [6.07, 6.45) is 1.40. The smallest absolute Gasteiger partial charge is 0.0863 e. The maximum Gasteiger partial charge on any atom is 0.0863 e. The summed E-state index contributed by atoms with van der Waals surface area (Å²) in [4.78, 5) is 0. The lowest BCUT2D eigenvalue weighted by Crippen LogP contribution is -2.43. The Balaban J connectivity index is 2.36. The van der Waals surface area contributed by atoms with E-state index in [-0.39, 0.29) is 5.60 Å². The molecule has 12 heavy (non-hydrogen) atoms. The summed E-state index contributed by atoms with van der Waals surface area (Å²) in [5.41, 5.74) is -0.0855. The molecule has 0 bridgehead atoms. The van der Waals surface area contributed by atoms with E-state index in [1.54, 1.807) is 0 Å². The molecule has 0 N–H and O–H groups in total. The minimum atomic E-state index is -0.0855. The Morgan fingerprint density at radius 1 is 1.42 bits per heavy atom. The van der Waals surface area contributed by atoms with Crippen LogP contribution in [0.1, 0.15) is 34.1 Å². The number of rotatable bonds is 2. The maximum absolute atomic E-state index is 5.86. The average molecular weight is 172 g/mol. The molecule has 0 radical (unpaired) electrons. The van der Waals surface area contributed by atoms with E-state index in [2.05, 4.69) is 27.7 Å². The molecular formula is C10H20O2. The molecule has 0 saturated carbocycles. The fraction of sp³-hybridized carbons (Fsp3) is 1.00. The molecule has 0 aromatic carbocycles. The lowest BCUT2D eigenvalue weighted by molar-refractivity contribution is -0.186. The molecule has 0 spiro atoms. The first-order chi connectivity index (χ1) is 5.49. The zero-order valence-electron chi connectivity index (χ0n) is 8.59. The minimum absolute atomic E-state index is 0.0855. The molecule has 1 atom stereocenters. The van der Waals surface area contributed by atoms with Gasteiger partial charge in [0.05, 0.1) is 24.9 Å². The van der Waals surface area contributed by atoms with Crippen LogP contribution in [0.5, 0.6) is 0 Å². The van der Waals surface area contributed by atoms with Gasteiger partial charge < -0.3 is 9.47 Å². The molecule has 1 rings (SSSR count). The summed E-state index contributed by atoms with van der Waals surface area (Å²) < 4.78 is 11.3. The second-order valence-corrected chi connectivity index (χ2v) is 4.64. The first-order valence-corrected chi connectivity index (χ1v) is 4.75. The predicted octanol–water partition coefficient (Wildman–Crippen LogP) is 2.23. The minimum Gasteiger partial charge on any atom is -0.376 e. The van der Waals surface area contributed by atoms with Crippen LogP contribution in [-0.4, -0.2) is 24.9 Å². The van der Waals surface area contributed by atoms with Gasteiger partial charge in [0.1, 0.15) is 0 Å². The van der Waals surface area contributed by atoms with Crippen LogP contribution >= 0.6 is 0 Å². The van der Waals surface area contributed by atoms with Crippen molar-refractivity contribution in [2.75, 3.05) is 13.2 Å². The Hall–Kier alpha value is -0.0800. The summed E-state index contributed by atoms with van der Waals surface area (Å²) in [6, 6.07) is 0. The molecule has 1 aliphatic rings. The van der Waals surface area contributed by atoms with E-state index in [1.165, 1.54) is 0 Å². The highest BCUT2D eigenvalue weighted by Gasteiger charge is 2.29. The highest BCUT2D eigenvalue weighted by Crippen LogP contribution is 2.22. The van der Waals surface area contributed by atoms with Crippen LogP contribution in [0.15, 0.2) is 0 Å². The maximum atomic E-state index is 5.86. The van der Waals surface area contributed by atoms with Crippen LogP contribution in [-0.2, 0) is 9.47 Å². The highest BCUT2D eigenvalue weighted by atomic mass is 16.6. The molecule has 2 nitrogen and oxygen atoms in total. The molecule has 72 valence electrons. The van der Waals surface area contributed by atoms with E-state index in [0.29, 0.717) is 12.0 Å². The van der Waals surface area contributed by atoms with Gasteiger partial charge in [0.25, 0.3) is 0 Å². The van der Waals surface area contributed by atoms with Crippen molar-refractivity contribution in [2.24, 2.45) is 5.92 Å². The van der Waals surface area contributed by atoms with Crippen molar-refractivity contribution >= 4 is 0 Å². The molecule has 1 fully saturated rings. The Bertz CT molecular complexity index is 141. The standard InChI is InChI=1S/C10H20O2/c1-8(2)5-9-6-11-7-10(3,4)12-9/h8-9H,5-7H2,1-4H3/t9-/m1/s1. The summed E-state index contributed by atoms with van der Waals surface area (Å²) in [5.74, 6) is 0.687. The molecule has 0 aliphatic carbocycles. The van der Waals surface area contributed by atoms with Crippen LogP contribution in [0.25, 0.3) is 0 Å². The van der Waals surface area contributed by atoms with Gasteiger partial charge in [-0.15, -0.1) is 0 Å². The summed E-state index contributed by atoms with van der Waals surface area (Å²) in [6.45, 7) is 10.1. The molecule has 1 aliphatic heterocycles.